The van der Waals surface area contributed by atoms with Crippen molar-refractivity contribution in [3.05, 3.63) is 211 Å². The zero-order valence-electron chi connectivity index (χ0n) is 43.7. The second-order valence-electron chi connectivity index (χ2n) is 23.7. The summed E-state index contributed by atoms with van der Waals surface area (Å²) in [5.74, 6) is 0. The summed E-state index contributed by atoms with van der Waals surface area (Å²) >= 11 is 0. The van der Waals surface area contributed by atoms with Crippen LogP contribution in [0.2, 0.25) is 0 Å². The van der Waals surface area contributed by atoms with Crippen LogP contribution >= 0.6 is 0 Å². The molecule has 5 aromatic heterocycles. The Morgan fingerprint density at radius 3 is 1.22 bits per heavy atom. The summed E-state index contributed by atoms with van der Waals surface area (Å²) in [4.78, 5) is 10.7. The molecule has 0 aliphatic heterocycles. The fraction of sp³-hybridized carbons (Fsp3) is 0.174. The van der Waals surface area contributed by atoms with E-state index in [2.05, 4.69) is 275 Å². The monoisotopic (exact) mass is 957 g/mol. The SMILES string of the molecule is CC(C)(C)c1cc(N(c2ccccc2)c2ccccc2)c2c(c1)c1cc(C(C)(C)C)cc3c4c5c6cc7ccccc7c7c8cc(C(C)(C)C)cc(N(c9ccccc9)c9ccccc9)c8n(c5ncc4n2c13)c67. The van der Waals surface area contributed by atoms with E-state index in [1.54, 1.807) is 0 Å². The van der Waals surface area contributed by atoms with Crippen molar-refractivity contribution in [1.82, 2.24) is 13.8 Å². The van der Waals surface area contributed by atoms with Crippen LogP contribution in [0, 0.1) is 0 Å². The molecule has 0 unspecified atom stereocenters. The Bertz CT molecular complexity index is 4430. The number of hydrogen-bond acceptors (Lipinski definition) is 3. The molecule has 0 bridgehead atoms. The first-order chi connectivity index (χ1) is 35.6. The van der Waals surface area contributed by atoms with Crippen molar-refractivity contribution in [2.24, 2.45) is 0 Å². The van der Waals surface area contributed by atoms with E-state index >= 15 is 0 Å². The fourth-order valence-electron chi connectivity index (χ4n) is 12.2. The van der Waals surface area contributed by atoms with Gasteiger partial charge in [0.2, 0.25) is 0 Å². The molecule has 0 amide bonds. The average Bonchev–Trinajstić information content (AvgIpc) is 4.14. The molecule has 5 heterocycles. The largest absolute Gasteiger partial charge is 0.308 e. The van der Waals surface area contributed by atoms with Crippen molar-refractivity contribution in [1.29, 1.82) is 0 Å². The average molecular weight is 958 g/mol. The smallest absolute Gasteiger partial charge is 0.146 e. The Labute approximate surface area is 432 Å². The van der Waals surface area contributed by atoms with Crippen molar-refractivity contribution in [2.45, 2.75) is 78.6 Å². The van der Waals surface area contributed by atoms with Gasteiger partial charge in [-0.05, 0) is 135 Å². The predicted molar refractivity (Wildman–Crippen MR) is 317 cm³/mol. The highest BCUT2D eigenvalue weighted by Gasteiger charge is 2.33. The van der Waals surface area contributed by atoms with Gasteiger partial charge in [0.1, 0.15) is 5.65 Å². The summed E-state index contributed by atoms with van der Waals surface area (Å²) in [6.07, 6.45) is 2.19. The summed E-state index contributed by atoms with van der Waals surface area (Å²) < 4.78 is 5.11. The number of para-hydroxylation sites is 4. The first-order valence-electron chi connectivity index (χ1n) is 26.2. The van der Waals surface area contributed by atoms with E-state index in [0.29, 0.717) is 0 Å². The Hall–Kier alpha value is -8.41. The highest BCUT2D eigenvalue weighted by atomic mass is 15.2. The summed E-state index contributed by atoms with van der Waals surface area (Å²) in [7, 11) is 0. The van der Waals surface area contributed by atoms with Gasteiger partial charge < -0.3 is 14.2 Å². The normalized spacial score (nSPS) is 12.9. The number of aromatic nitrogens is 3. The van der Waals surface area contributed by atoms with E-state index < -0.39 is 0 Å². The number of fused-ring (bicyclic) bond motifs is 15. The van der Waals surface area contributed by atoms with Gasteiger partial charge >= 0.3 is 0 Å². The molecule has 0 spiro atoms. The minimum absolute atomic E-state index is 0.119. The van der Waals surface area contributed by atoms with Gasteiger partial charge in [-0.25, -0.2) is 4.98 Å². The van der Waals surface area contributed by atoms with Crippen LogP contribution in [-0.4, -0.2) is 13.8 Å². The van der Waals surface area contributed by atoms with Gasteiger partial charge in [0.15, 0.2) is 0 Å². The topological polar surface area (TPSA) is 28.2 Å². The first-order valence-corrected chi connectivity index (χ1v) is 26.2. The van der Waals surface area contributed by atoms with Crippen LogP contribution in [0.5, 0.6) is 0 Å². The van der Waals surface area contributed by atoms with Crippen LogP contribution in [0.3, 0.4) is 0 Å². The molecule has 0 fully saturated rings. The summed E-state index contributed by atoms with van der Waals surface area (Å²) in [5.41, 5.74) is 17.1. The molecule has 0 aliphatic carbocycles. The van der Waals surface area contributed by atoms with Crippen LogP contribution < -0.4 is 9.80 Å². The summed E-state index contributed by atoms with van der Waals surface area (Å²) in [5, 5.41) is 12.4. The van der Waals surface area contributed by atoms with Crippen LogP contribution in [0.1, 0.15) is 79.0 Å². The standard InChI is InChI=1S/C69H59N5/c1-67(2,3)43-35-51-52-36-44(68(4,5)6)39-56(71(46-25-14-10-15-26-46)47-27-16-11-17-28-47)63(52)73-58-41-70-66-61(60(58)55(37-43)62(51)73)53-34-42-24-22-23-33-50(42)59-54-38-45(69(7,8)9)40-57(64(54)74(66)65(53)59)72(48-29-18-12-19-30-48)49-31-20-13-21-32-49/h10-41H,1-9H3. The quantitative estimate of drug-likeness (QED) is 0.166. The third kappa shape index (κ3) is 6.38. The number of rotatable bonds is 6. The molecule has 14 rings (SSSR count). The van der Waals surface area contributed by atoms with E-state index in [1.165, 1.54) is 87.1 Å². The van der Waals surface area contributed by atoms with E-state index in [4.69, 9.17) is 4.98 Å². The second kappa shape index (κ2) is 15.6. The van der Waals surface area contributed by atoms with Crippen molar-refractivity contribution in [3.63, 3.8) is 0 Å². The predicted octanol–water partition coefficient (Wildman–Crippen LogP) is 19.4. The van der Waals surface area contributed by atoms with Crippen molar-refractivity contribution in [2.75, 3.05) is 9.80 Å². The van der Waals surface area contributed by atoms with Gasteiger partial charge in [0.25, 0.3) is 0 Å². The second-order valence-corrected chi connectivity index (χ2v) is 23.7. The highest BCUT2D eigenvalue weighted by Crippen LogP contribution is 2.54. The molecule has 0 saturated heterocycles. The molecule has 0 atom stereocenters. The fourth-order valence-corrected chi connectivity index (χ4v) is 12.2. The lowest BCUT2D eigenvalue weighted by Gasteiger charge is -2.29. The lowest BCUT2D eigenvalue weighted by Crippen LogP contribution is -2.15. The Morgan fingerprint density at radius 2 is 0.730 bits per heavy atom. The highest BCUT2D eigenvalue weighted by molar-refractivity contribution is 6.39. The van der Waals surface area contributed by atoms with Gasteiger partial charge in [-0.3, -0.25) is 4.40 Å². The van der Waals surface area contributed by atoms with E-state index in [0.717, 1.165) is 50.8 Å². The molecule has 14 aromatic rings. The number of nitrogens with zero attached hydrogens (tertiary/aromatic N) is 5. The molecule has 0 N–H and O–H groups in total. The van der Waals surface area contributed by atoms with Crippen molar-refractivity contribution in [3.8, 4) is 0 Å². The third-order valence-corrected chi connectivity index (χ3v) is 15.9. The molecule has 5 heteroatoms. The molecule has 5 nitrogen and oxygen atoms in total. The molecule has 0 aliphatic rings. The number of benzene rings is 9. The Balaban J connectivity index is 1.22. The lowest BCUT2D eigenvalue weighted by molar-refractivity contribution is 0.591. The van der Waals surface area contributed by atoms with Crippen LogP contribution in [0.4, 0.5) is 34.1 Å². The molecular formula is C69H59N5. The molecule has 0 saturated carbocycles. The molecule has 360 valence electrons. The lowest BCUT2D eigenvalue weighted by atomic mass is 9.83. The zero-order valence-corrected chi connectivity index (χ0v) is 43.7. The van der Waals surface area contributed by atoms with Crippen LogP contribution in [0.25, 0.3) is 87.1 Å². The number of pyridine rings is 1. The van der Waals surface area contributed by atoms with Gasteiger partial charge in [-0.1, -0.05) is 159 Å². The maximum absolute atomic E-state index is 5.79. The molecule has 9 aromatic carbocycles. The van der Waals surface area contributed by atoms with Crippen molar-refractivity contribution < 1.29 is 0 Å². The van der Waals surface area contributed by atoms with Gasteiger partial charge in [-0.2, -0.15) is 0 Å². The first kappa shape index (κ1) is 44.3. The number of hydrogen-bond donors (Lipinski definition) is 0. The minimum atomic E-state index is -0.131. The van der Waals surface area contributed by atoms with Gasteiger partial charge in [0, 0.05) is 65.8 Å². The van der Waals surface area contributed by atoms with Crippen LogP contribution in [-0.2, 0) is 16.2 Å². The zero-order chi connectivity index (χ0) is 50.6. The maximum atomic E-state index is 5.79. The summed E-state index contributed by atoms with van der Waals surface area (Å²) in [6.45, 7) is 21.1. The van der Waals surface area contributed by atoms with E-state index in [1.807, 2.05) is 0 Å². The van der Waals surface area contributed by atoms with Crippen LogP contribution in [0.15, 0.2) is 194 Å². The summed E-state index contributed by atoms with van der Waals surface area (Å²) in [6, 6.07) is 69.8. The Kier molecular flexibility index (Phi) is 9.31. The van der Waals surface area contributed by atoms with Gasteiger partial charge in [-0.15, -0.1) is 0 Å². The van der Waals surface area contributed by atoms with E-state index in [-0.39, 0.29) is 16.2 Å². The van der Waals surface area contributed by atoms with Gasteiger partial charge in [0.05, 0.1) is 45.2 Å². The maximum Gasteiger partial charge on any atom is 0.146 e. The van der Waals surface area contributed by atoms with E-state index in [9.17, 15) is 0 Å². The molecule has 0 radical (unpaired) electrons. The molecular weight excluding hydrogens is 899 g/mol. The van der Waals surface area contributed by atoms with Crippen molar-refractivity contribution >= 4 is 121 Å². The molecule has 74 heavy (non-hydrogen) atoms. The third-order valence-electron chi connectivity index (χ3n) is 15.9. The number of anilines is 6. The minimum Gasteiger partial charge on any atom is -0.308 e. The Morgan fingerprint density at radius 1 is 0.338 bits per heavy atom.